The molecule has 0 aliphatic carbocycles. The molecule has 6 heteroatoms. The van der Waals surface area contributed by atoms with E-state index in [0.717, 1.165) is 9.94 Å². The molecule has 164 valence electrons. The fourth-order valence-electron chi connectivity index (χ4n) is 5.22. The Morgan fingerprint density at radius 1 is 0.657 bits per heavy atom. The summed E-state index contributed by atoms with van der Waals surface area (Å²) in [5.74, 6) is 0. The average molecular weight is 564 g/mol. The molecule has 2 radical (unpaired) electrons. The molecule has 4 heterocycles. The molecule has 0 aliphatic heterocycles. The number of nitrogens with zero attached hydrogens (tertiary/aromatic N) is 1. The molecule has 0 spiro atoms. The maximum atomic E-state index is 6.15. The lowest BCUT2D eigenvalue weighted by Gasteiger charge is -2.09. The molecule has 0 aliphatic rings. The number of rotatable bonds is 1. The van der Waals surface area contributed by atoms with Crippen molar-refractivity contribution in [2.24, 2.45) is 0 Å². The fraction of sp³-hybridized carbons (Fsp3) is 0.0345. The Morgan fingerprint density at radius 2 is 1.34 bits per heavy atom. The van der Waals surface area contributed by atoms with E-state index in [1.165, 1.54) is 72.0 Å². The number of aromatic nitrogens is 1. The Labute approximate surface area is 222 Å². The van der Waals surface area contributed by atoms with Crippen molar-refractivity contribution in [2.75, 3.05) is 0 Å². The van der Waals surface area contributed by atoms with Gasteiger partial charge in [0.2, 0.25) is 0 Å². The van der Waals surface area contributed by atoms with Gasteiger partial charge in [0.05, 0.1) is 25.1 Å². The quantitative estimate of drug-likeness (QED) is 0.175. The lowest BCUT2D eigenvalue weighted by Crippen LogP contribution is -1.99. The van der Waals surface area contributed by atoms with Gasteiger partial charge in [-0.25, -0.2) is 0 Å². The van der Waals surface area contributed by atoms with Crippen LogP contribution in [0.5, 0.6) is 0 Å². The van der Waals surface area contributed by atoms with E-state index >= 15 is 0 Å². The highest BCUT2D eigenvalue weighted by Gasteiger charge is 2.21. The summed E-state index contributed by atoms with van der Waals surface area (Å²) in [5.41, 5.74) is 5.81. The van der Waals surface area contributed by atoms with Crippen molar-refractivity contribution < 1.29 is 0 Å². The highest BCUT2D eigenvalue weighted by Crippen LogP contribution is 2.49. The first kappa shape index (κ1) is 20.5. The maximum absolute atomic E-state index is 6.15. The van der Waals surface area contributed by atoms with Gasteiger partial charge in [-0.3, -0.25) is 0 Å². The summed E-state index contributed by atoms with van der Waals surface area (Å²) in [6, 6.07) is 26.6. The first-order valence-electron chi connectivity index (χ1n) is 11.3. The van der Waals surface area contributed by atoms with Crippen molar-refractivity contribution in [1.29, 1.82) is 0 Å². The minimum absolute atomic E-state index is 0.812. The summed E-state index contributed by atoms with van der Waals surface area (Å²) in [6.07, 6.45) is 0. The molecule has 0 bridgehead atoms. The van der Waals surface area contributed by atoms with E-state index in [4.69, 9.17) is 7.85 Å². The van der Waals surface area contributed by atoms with Crippen LogP contribution in [0.3, 0.4) is 0 Å². The van der Waals surface area contributed by atoms with Gasteiger partial charge in [-0.15, -0.1) is 34.0 Å². The van der Waals surface area contributed by atoms with Gasteiger partial charge in [-0.2, -0.15) is 0 Å². The number of benzene rings is 4. The lowest BCUT2D eigenvalue weighted by atomic mass is 9.96. The van der Waals surface area contributed by atoms with E-state index in [0.29, 0.717) is 0 Å². The van der Waals surface area contributed by atoms with Crippen LogP contribution in [0.15, 0.2) is 77.3 Å². The fourth-order valence-corrected chi connectivity index (χ4v) is 9.70. The summed E-state index contributed by atoms with van der Waals surface area (Å²) >= 11 is 9.30. The van der Waals surface area contributed by atoms with E-state index in [9.17, 15) is 0 Å². The van der Waals surface area contributed by atoms with Crippen molar-refractivity contribution in [3.63, 3.8) is 0 Å². The van der Waals surface area contributed by atoms with Gasteiger partial charge in [0.15, 0.2) is 0 Å². The van der Waals surface area contributed by atoms with Gasteiger partial charge >= 0.3 is 0 Å². The van der Waals surface area contributed by atoms with Gasteiger partial charge in [-0.1, -0.05) is 63.4 Å². The van der Waals surface area contributed by atoms with Crippen LogP contribution in [0.25, 0.3) is 66.5 Å². The lowest BCUT2D eigenvalue weighted by molar-refractivity contribution is 1.18. The number of hydrogen-bond acceptors (Lipinski definition) is 3. The van der Waals surface area contributed by atoms with Crippen LogP contribution in [0.1, 0.15) is 5.56 Å². The molecule has 0 fully saturated rings. The minimum Gasteiger partial charge on any atom is -0.308 e. The van der Waals surface area contributed by atoms with Crippen molar-refractivity contribution >= 4 is 124 Å². The van der Waals surface area contributed by atoms with Gasteiger partial charge in [0, 0.05) is 45.8 Å². The van der Waals surface area contributed by atoms with E-state index in [-0.39, 0.29) is 0 Å². The van der Waals surface area contributed by atoms with Crippen LogP contribution in [0.4, 0.5) is 0 Å². The zero-order valence-electron chi connectivity index (χ0n) is 18.6. The van der Waals surface area contributed by atoms with Gasteiger partial charge in [-0.05, 0) is 43.3 Å². The number of halogens is 1. The zero-order chi connectivity index (χ0) is 23.4. The van der Waals surface area contributed by atoms with Gasteiger partial charge < -0.3 is 4.57 Å². The molecule has 0 unspecified atom stereocenters. The van der Waals surface area contributed by atoms with Crippen molar-refractivity contribution in [1.82, 2.24) is 4.57 Å². The maximum Gasteiger partial charge on any atom is 0.113 e. The standard InChI is InChI=1S/C29H15BBrNS3/c1-14-2-6-17(7-3-14)32-22-12-21-25(35-28-19-9-5-16(31)11-24(19)34-29(21)28)13-20(22)27-26(32)18-8-4-15(30)10-23(18)33-27/h2-13H,1H3. The predicted octanol–water partition coefficient (Wildman–Crippen LogP) is 9.45. The first-order valence-corrected chi connectivity index (χ1v) is 14.6. The Balaban J connectivity index is 1.56. The van der Waals surface area contributed by atoms with E-state index < -0.39 is 0 Å². The summed E-state index contributed by atoms with van der Waals surface area (Å²) in [7, 11) is 6.15. The summed E-state index contributed by atoms with van der Waals surface area (Å²) in [5, 5.41) is 5.27. The normalized spacial score (nSPS) is 12.4. The molecular formula is C29H15BBrNS3. The van der Waals surface area contributed by atoms with E-state index in [2.05, 4.69) is 94.2 Å². The summed E-state index contributed by atoms with van der Waals surface area (Å²) in [6.45, 7) is 2.14. The molecule has 4 aromatic carbocycles. The first-order chi connectivity index (χ1) is 17.0. The van der Waals surface area contributed by atoms with Crippen molar-refractivity contribution in [3.8, 4) is 5.69 Å². The van der Waals surface area contributed by atoms with Crippen LogP contribution in [-0.2, 0) is 0 Å². The van der Waals surface area contributed by atoms with Gasteiger partial charge in [0.25, 0.3) is 0 Å². The molecule has 0 saturated heterocycles. The number of thiophene rings is 3. The highest BCUT2D eigenvalue weighted by molar-refractivity contribution is 9.10. The number of aryl methyl sites for hydroxylation is 1. The van der Waals surface area contributed by atoms with Crippen LogP contribution in [0.2, 0.25) is 0 Å². The predicted molar refractivity (Wildman–Crippen MR) is 162 cm³/mol. The molecule has 4 aromatic heterocycles. The van der Waals surface area contributed by atoms with E-state index in [1.54, 1.807) is 0 Å². The van der Waals surface area contributed by atoms with Crippen molar-refractivity contribution in [3.05, 3.63) is 82.8 Å². The van der Waals surface area contributed by atoms with Crippen LogP contribution in [0, 0.1) is 6.92 Å². The Kier molecular flexibility index (Phi) is 4.23. The Morgan fingerprint density at radius 3 is 2.17 bits per heavy atom. The molecule has 8 rings (SSSR count). The third kappa shape index (κ3) is 2.85. The van der Waals surface area contributed by atoms with Crippen LogP contribution in [-0.4, -0.2) is 12.4 Å². The monoisotopic (exact) mass is 563 g/mol. The second kappa shape index (κ2) is 7.20. The van der Waals surface area contributed by atoms with Gasteiger partial charge in [0.1, 0.15) is 7.85 Å². The minimum atomic E-state index is 0.812. The Bertz CT molecular complexity index is 2140. The highest BCUT2D eigenvalue weighted by atomic mass is 79.9. The molecule has 1 nitrogen and oxygen atoms in total. The van der Waals surface area contributed by atoms with Crippen LogP contribution < -0.4 is 5.46 Å². The van der Waals surface area contributed by atoms with E-state index in [1.807, 2.05) is 40.1 Å². The summed E-state index contributed by atoms with van der Waals surface area (Å²) < 4.78 is 11.6. The number of hydrogen-bond donors (Lipinski definition) is 0. The molecule has 0 atom stereocenters. The largest absolute Gasteiger partial charge is 0.308 e. The SMILES string of the molecule is [B]c1ccc2c(c1)sc1c3cc4sc5c6ccc(Br)cc6sc5c4cc3n(-c3ccc(C)cc3)c21. The third-order valence-corrected chi connectivity index (χ3v) is 11.0. The molecule has 8 aromatic rings. The van der Waals surface area contributed by atoms with Crippen LogP contribution >= 0.6 is 49.9 Å². The molecule has 0 saturated carbocycles. The average Bonchev–Trinajstić information content (AvgIpc) is 3.55. The second-order valence-corrected chi connectivity index (χ2v) is 13.1. The topological polar surface area (TPSA) is 4.93 Å². The number of fused-ring (bicyclic) bond motifs is 10. The molecular weight excluding hydrogens is 549 g/mol. The second-order valence-electron chi connectivity index (χ2n) is 9.07. The smallest absolute Gasteiger partial charge is 0.113 e. The van der Waals surface area contributed by atoms with Crippen molar-refractivity contribution in [2.45, 2.75) is 6.92 Å². The Hall–Kier alpha value is -2.64. The zero-order valence-corrected chi connectivity index (χ0v) is 22.6. The summed E-state index contributed by atoms with van der Waals surface area (Å²) in [4.78, 5) is 0. The third-order valence-electron chi connectivity index (χ3n) is 6.85. The molecule has 35 heavy (non-hydrogen) atoms. The molecule has 0 amide bonds. The molecule has 0 N–H and O–H groups in total.